The largest absolute Gasteiger partial charge is 0.337 e. The van der Waals surface area contributed by atoms with E-state index < -0.39 is 0 Å². The van der Waals surface area contributed by atoms with Crippen molar-refractivity contribution in [2.75, 3.05) is 0 Å². The van der Waals surface area contributed by atoms with Crippen LogP contribution in [0.3, 0.4) is 0 Å². The number of rotatable bonds is 3. The van der Waals surface area contributed by atoms with Crippen molar-refractivity contribution in [3.8, 4) is 0 Å². The molecule has 90 valence electrons. The van der Waals surface area contributed by atoms with E-state index in [1.807, 2.05) is 12.4 Å². The Morgan fingerprint density at radius 1 is 1.56 bits per heavy atom. The molecule has 1 aromatic rings. The molecular weight excluding hydrogens is 198 g/mol. The second kappa shape index (κ2) is 4.21. The molecule has 0 radical (unpaired) electrons. The first-order valence-corrected chi connectivity index (χ1v) is 6.21. The van der Waals surface area contributed by atoms with E-state index in [0.717, 1.165) is 5.82 Å². The van der Waals surface area contributed by atoms with E-state index in [1.165, 1.54) is 19.3 Å². The molecule has 1 aliphatic carbocycles. The summed E-state index contributed by atoms with van der Waals surface area (Å²) in [6, 6.07) is 1.00. The van der Waals surface area contributed by atoms with Crippen LogP contribution in [0.4, 0.5) is 0 Å². The quantitative estimate of drug-likeness (QED) is 0.850. The maximum atomic E-state index is 4.39. The first-order valence-electron chi connectivity index (χ1n) is 6.21. The number of hydrogen-bond donors (Lipinski definition) is 1. The lowest BCUT2D eigenvalue weighted by Gasteiger charge is -2.21. The number of nitrogens with zero attached hydrogens (tertiary/aromatic N) is 2. The van der Waals surface area contributed by atoms with Crippen molar-refractivity contribution in [1.82, 2.24) is 14.9 Å². The van der Waals surface area contributed by atoms with Gasteiger partial charge < -0.3 is 9.88 Å². The molecule has 1 saturated carbocycles. The van der Waals surface area contributed by atoms with Gasteiger partial charge >= 0.3 is 0 Å². The molecule has 1 aromatic heterocycles. The van der Waals surface area contributed by atoms with Crippen molar-refractivity contribution in [2.24, 2.45) is 12.5 Å². The first kappa shape index (κ1) is 11.6. The summed E-state index contributed by atoms with van der Waals surface area (Å²) < 4.78 is 2.10. The van der Waals surface area contributed by atoms with Gasteiger partial charge in [-0.1, -0.05) is 13.8 Å². The molecule has 1 N–H and O–H groups in total. The van der Waals surface area contributed by atoms with Gasteiger partial charge in [0, 0.05) is 25.5 Å². The van der Waals surface area contributed by atoms with Gasteiger partial charge in [-0.3, -0.25) is 0 Å². The molecule has 3 nitrogen and oxygen atoms in total. The van der Waals surface area contributed by atoms with Crippen LogP contribution < -0.4 is 5.32 Å². The van der Waals surface area contributed by atoms with E-state index >= 15 is 0 Å². The minimum absolute atomic E-state index is 0.346. The van der Waals surface area contributed by atoms with Gasteiger partial charge in [-0.05, 0) is 31.6 Å². The number of aromatic nitrogens is 2. The summed E-state index contributed by atoms with van der Waals surface area (Å²) in [6.07, 6.45) is 7.78. The monoisotopic (exact) mass is 221 g/mol. The molecule has 0 saturated heterocycles. The summed E-state index contributed by atoms with van der Waals surface area (Å²) >= 11 is 0. The minimum atomic E-state index is 0.346. The van der Waals surface area contributed by atoms with E-state index in [0.29, 0.717) is 17.5 Å². The molecule has 16 heavy (non-hydrogen) atoms. The third-order valence-corrected chi connectivity index (χ3v) is 3.70. The molecular formula is C13H23N3. The van der Waals surface area contributed by atoms with Crippen LogP contribution in [0.2, 0.25) is 0 Å². The molecule has 0 spiro atoms. The van der Waals surface area contributed by atoms with E-state index in [2.05, 4.69) is 42.7 Å². The maximum absolute atomic E-state index is 4.39. The lowest BCUT2D eigenvalue weighted by molar-refractivity contribution is 0.353. The van der Waals surface area contributed by atoms with E-state index in [1.54, 1.807) is 0 Å². The van der Waals surface area contributed by atoms with Crippen LogP contribution in [0.25, 0.3) is 0 Å². The van der Waals surface area contributed by atoms with Crippen molar-refractivity contribution in [3.05, 3.63) is 18.2 Å². The highest BCUT2D eigenvalue weighted by atomic mass is 15.1. The zero-order valence-corrected chi connectivity index (χ0v) is 10.8. The fourth-order valence-electron chi connectivity index (χ4n) is 2.80. The van der Waals surface area contributed by atoms with Gasteiger partial charge in [-0.15, -0.1) is 0 Å². The van der Waals surface area contributed by atoms with Gasteiger partial charge in [0.15, 0.2) is 0 Å². The highest BCUT2D eigenvalue weighted by Gasteiger charge is 2.31. The predicted molar refractivity (Wildman–Crippen MR) is 66.2 cm³/mol. The Morgan fingerprint density at radius 2 is 2.31 bits per heavy atom. The van der Waals surface area contributed by atoms with Crippen LogP contribution in [0.5, 0.6) is 0 Å². The number of aryl methyl sites for hydroxylation is 1. The Hall–Kier alpha value is -0.830. The predicted octanol–water partition coefficient (Wildman–Crippen LogP) is 2.65. The SMILES string of the molecule is CC(NC1CCC(C)(C)C1)c1nccn1C. The molecule has 1 aliphatic rings. The van der Waals surface area contributed by atoms with Gasteiger partial charge in [-0.25, -0.2) is 4.98 Å². The summed E-state index contributed by atoms with van der Waals surface area (Å²) in [4.78, 5) is 4.39. The second-order valence-electron chi connectivity index (χ2n) is 5.89. The Labute approximate surface area is 98.3 Å². The van der Waals surface area contributed by atoms with Gasteiger partial charge in [0.2, 0.25) is 0 Å². The highest BCUT2D eigenvalue weighted by Crippen LogP contribution is 2.37. The average Bonchev–Trinajstić information content (AvgIpc) is 2.72. The normalized spacial score (nSPS) is 25.9. The number of imidazole rings is 1. The summed E-state index contributed by atoms with van der Waals surface area (Å²) in [5.41, 5.74) is 0.513. The molecule has 0 aliphatic heterocycles. The zero-order valence-electron chi connectivity index (χ0n) is 10.8. The van der Waals surface area contributed by atoms with Crippen LogP contribution in [0.1, 0.15) is 51.9 Å². The lowest BCUT2D eigenvalue weighted by atomic mass is 9.92. The summed E-state index contributed by atoms with van der Waals surface area (Å²) in [7, 11) is 2.05. The van der Waals surface area contributed by atoms with E-state index in [9.17, 15) is 0 Å². The van der Waals surface area contributed by atoms with Crippen LogP contribution in [-0.2, 0) is 7.05 Å². The topological polar surface area (TPSA) is 29.9 Å². The maximum Gasteiger partial charge on any atom is 0.125 e. The van der Waals surface area contributed by atoms with Gasteiger partial charge in [-0.2, -0.15) is 0 Å². The Morgan fingerprint density at radius 3 is 2.81 bits per heavy atom. The van der Waals surface area contributed by atoms with Crippen LogP contribution >= 0.6 is 0 Å². The van der Waals surface area contributed by atoms with Crippen LogP contribution in [-0.4, -0.2) is 15.6 Å². The molecule has 0 amide bonds. The zero-order chi connectivity index (χ0) is 11.8. The van der Waals surface area contributed by atoms with Crippen LogP contribution in [0.15, 0.2) is 12.4 Å². The van der Waals surface area contributed by atoms with E-state index in [-0.39, 0.29) is 0 Å². The molecule has 0 aromatic carbocycles. The third-order valence-electron chi connectivity index (χ3n) is 3.70. The molecule has 0 bridgehead atoms. The van der Waals surface area contributed by atoms with Crippen molar-refractivity contribution in [3.63, 3.8) is 0 Å². The lowest BCUT2D eigenvalue weighted by Crippen LogP contribution is -2.31. The Bertz CT molecular complexity index is 354. The molecule has 1 heterocycles. The summed E-state index contributed by atoms with van der Waals surface area (Å²) in [5.74, 6) is 1.13. The summed E-state index contributed by atoms with van der Waals surface area (Å²) in [6.45, 7) is 6.92. The smallest absolute Gasteiger partial charge is 0.125 e. The first-order chi connectivity index (χ1) is 7.48. The van der Waals surface area contributed by atoms with Gasteiger partial charge in [0.25, 0.3) is 0 Å². The highest BCUT2D eigenvalue weighted by molar-refractivity contribution is 4.99. The second-order valence-corrected chi connectivity index (χ2v) is 5.89. The van der Waals surface area contributed by atoms with Crippen molar-refractivity contribution < 1.29 is 0 Å². The van der Waals surface area contributed by atoms with Crippen LogP contribution in [0, 0.1) is 5.41 Å². The molecule has 2 atom stereocenters. The third kappa shape index (κ3) is 2.46. The Balaban J connectivity index is 1.94. The van der Waals surface area contributed by atoms with Gasteiger partial charge in [0.05, 0.1) is 6.04 Å². The fraction of sp³-hybridized carbons (Fsp3) is 0.769. The van der Waals surface area contributed by atoms with Gasteiger partial charge in [0.1, 0.15) is 5.82 Å². The average molecular weight is 221 g/mol. The number of hydrogen-bond acceptors (Lipinski definition) is 2. The fourth-order valence-corrected chi connectivity index (χ4v) is 2.80. The van der Waals surface area contributed by atoms with E-state index in [4.69, 9.17) is 0 Å². The van der Waals surface area contributed by atoms with Crippen molar-refractivity contribution in [2.45, 2.75) is 52.1 Å². The Kier molecular flexibility index (Phi) is 3.06. The molecule has 3 heteroatoms. The molecule has 2 rings (SSSR count). The standard InChI is InChI=1S/C13H23N3/c1-10(12-14-7-8-16(12)4)15-11-5-6-13(2,3)9-11/h7-8,10-11,15H,5-6,9H2,1-4H3. The van der Waals surface area contributed by atoms with Crippen molar-refractivity contribution in [1.29, 1.82) is 0 Å². The molecule has 2 unspecified atom stereocenters. The minimum Gasteiger partial charge on any atom is -0.337 e. The number of nitrogens with one attached hydrogen (secondary N) is 1. The summed E-state index contributed by atoms with van der Waals surface area (Å²) in [5, 5.41) is 3.69. The van der Waals surface area contributed by atoms with Crippen molar-refractivity contribution >= 4 is 0 Å². The molecule has 1 fully saturated rings.